The van der Waals surface area contributed by atoms with Crippen molar-refractivity contribution in [2.24, 2.45) is 11.8 Å². The number of hydrogen-bond acceptors (Lipinski definition) is 2. The maximum atomic E-state index is 10.3. The molecule has 0 amide bonds. The van der Waals surface area contributed by atoms with Crippen LogP contribution in [0.15, 0.2) is 0 Å². The number of nitrogens with zero attached hydrogens (tertiary/aromatic N) is 1. The molecule has 0 bridgehead atoms. The fourth-order valence-corrected chi connectivity index (χ4v) is 2.31. The van der Waals surface area contributed by atoms with Gasteiger partial charge in [-0.1, -0.05) is 13.8 Å². The standard InChI is InChI=1S/C12H23NO/c1-11(2)12-5-3-7-13(9-6-12)8-4-10-14/h10-12H,3-9H2,1-2H3. The van der Waals surface area contributed by atoms with E-state index in [4.69, 9.17) is 0 Å². The average molecular weight is 197 g/mol. The molecule has 0 spiro atoms. The van der Waals surface area contributed by atoms with Crippen molar-refractivity contribution in [1.82, 2.24) is 4.90 Å². The minimum atomic E-state index is 0.701. The lowest BCUT2D eigenvalue weighted by Gasteiger charge is -2.20. The van der Waals surface area contributed by atoms with Crippen LogP contribution in [0.3, 0.4) is 0 Å². The summed E-state index contributed by atoms with van der Waals surface area (Å²) in [5, 5.41) is 0. The summed E-state index contributed by atoms with van der Waals surface area (Å²) in [6.45, 7) is 8.00. The molecule has 0 aromatic heterocycles. The fourth-order valence-electron chi connectivity index (χ4n) is 2.31. The van der Waals surface area contributed by atoms with Gasteiger partial charge in [-0.05, 0) is 44.2 Å². The van der Waals surface area contributed by atoms with Gasteiger partial charge in [0.05, 0.1) is 0 Å². The molecule has 0 saturated carbocycles. The molecule has 2 heteroatoms. The predicted octanol–water partition coefficient (Wildman–Crippen LogP) is 2.33. The summed E-state index contributed by atoms with van der Waals surface area (Å²) in [5.74, 6) is 1.72. The van der Waals surface area contributed by atoms with E-state index in [1.807, 2.05) is 0 Å². The van der Waals surface area contributed by atoms with Gasteiger partial charge < -0.3 is 9.69 Å². The summed E-state index contributed by atoms with van der Waals surface area (Å²) in [6, 6.07) is 0. The average Bonchev–Trinajstić information content (AvgIpc) is 2.39. The normalized spacial score (nSPS) is 24.9. The van der Waals surface area contributed by atoms with Crippen molar-refractivity contribution < 1.29 is 4.79 Å². The molecule has 1 atom stereocenters. The zero-order valence-corrected chi connectivity index (χ0v) is 9.54. The summed E-state index contributed by atoms with van der Waals surface area (Å²) in [4.78, 5) is 12.7. The van der Waals surface area contributed by atoms with Gasteiger partial charge in [0.15, 0.2) is 0 Å². The van der Waals surface area contributed by atoms with Crippen LogP contribution in [0.1, 0.15) is 39.5 Å². The molecule has 1 rings (SSSR count). The first-order valence-corrected chi connectivity index (χ1v) is 5.90. The number of rotatable bonds is 4. The second kappa shape index (κ2) is 6.18. The van der Waals surface area contributed by atoms with Gasteiger partial charge >= 0.3 is 0 Å². The molecule has 0 aliphatic carbocycles. The zero-order chi connectivity index (χ0) is 10.4. The molecule has 1 fully saturated rings. The van der Waals surface area contributed by atoms with Crippen molar-refractivity contribution in [3.8, 4) is 0 Å². The van der Waals surface area contributed by atoms with Crippen molar-refractivity contribution in [2.45, 2.75) is 39.5 Å². The Hall–Kier alpha value is -0.370. The van der Waals surface area contributed by atoms with Gasteiger partial charge in [-0.2, -0.15) is 0 Å². The lowest BCUT2D eigenvalue weighted by molar-refractivity contribution is -0.108. The van der Waals surface area contributed by atoms with Crippen LogP contribution >= 0.6 is 0 Å². The smallest absolute Gasteiger partial charge is 0.121 e. The van der Waals surface area contributed by atoms with E-state index in [2.05, 4.69) is 18.7 Å². The molecule has 1 aliphatic rings. The molecule has 2 nitrogen and oxygen atoms in total. The third-order valence-electron chi connectivity index (χ3n) is 3.37. The maximum Gasteiger partial charge on any atom is 0.121 e. The highest BCUT2D eigenvalue weighted by molar-refractivity contribution is 5.49. The Morgan fingerprint density at radius 3 is 2.79 bits per heavy atom. The Kier molecular flexibility index (Phi) is 5.16. The van der Waals surface area contributed by atoms with Gasteiger partial charge in [0.1, 0.15) is 6.29 Å². The number of carbonyl (C=O) groups is 1. The van der Waals surface area contributed by atoms with Crippen LogP contribution in [0.25, 0.3) is 0 Å². The molecular weight excluding hydrogens is 174 g/mol. The van der Waals surface area contributed by atoms with Crippen LogP contribution in [-0.4, -0.2) is 30.8 Å². The molecule has 0 aromatic carbocycles. The van der Waals surface area contributed by atoms with E-state index in [0.717, 1.165) is 24.7 Å². The molecule has 1 saturated heterocycles. The maximum absolute atomic E-state index is 10.3. The fraction of sp³-hybridized carbons (Fsp3) is 0.917. The number of aldehydes is 1. The van der Waals surface area contributed by atoms with Crippen LogP contribution in [0.4, 0.5) is 0 Å². The molecule has 1 heterocycles. The highest BCUT2D eigenvalue weighted by atomic mass is 16.1. The highest BCUT2D eigenvalue weighted by Crippen LogP contribution is 2.24. The van der Waals surface area contributed by atoms with Crippen molar-refractivity contribution in [1.29, 1.82) is 0 Å². The summed E-state index contributed by atoms with van der Waals surface area (Å²) in [5.41, 5.74) is 0. The van der Waals surface area contributed by atoms with Gasteiger partial charge in [-0.25, -0.2) is 0 Å². The van der Waals surface area contributed by atoms with Crippen LogP contribution in [0, 0.1) is 11.8 Å². The molecule has 0 N–H and O–H groups in total. The second-order valence-corrected chi connectivity index (χ2v) is 4.73. The molecule has 1 aliphatic heterocycles. The van der Waals surface area contributed by atoms with Gasteiger partial charge in [-0.15, -0.1) is 0 Å². The third kappa shape index (κ3) is 3.79. The van der Waals surface area contributed by atoms with E-state index in [9.17, 15) is 4.79 Å². The Morgan fingerprint density at radius 2 is 2.14 bits per heavy atom. The first-order chi connectivity index (χ1) is 6.74. The monoisotopic (exact) mass is 197 g/mol. The highest BCUT2D eigenvalue weighted by Gasteiger charge is 2.18. The first-order valence-electron chi connectivity index (χ1n) is 5.90. The molecule has 0 radical (unpaired) electrons. The topological polar surface area (TPSA) is 20.3 Å². The largest absolute Gasteiger partial charge is 0.303 e. The van der Waals surface area contributed by atoms with Crippen LogP contribution in [0.5, 0.6) is 0 Å². The summed E-state index contributed by atoms with van der Waals surface area (Å²) < 4.78 is 0. The summed E-state index contributed by atoms with van der Waals surface area (Å²) in [6.07, 6.45) is 5.73. The van der Waals surface area contributed by atoms with Crippen molar-refractivity contribution in [3.05, 3.63) is 0 Å². The van der Waals surface area contributed by atoms with E-state index < -0.39 is 0 Å². The Balaban J connectivity index is 2.29. The number of likely N-dealkylation sites (tertiary alicyclic amines) is 1. The second-order valence-electron chi connectivity index (χ2n) is 4.73. The Bertz CT molecular complexity index is 168. The van der Waals surface area contributed by atoms with E-state index in [1.165, 1.54) is 32.4 Å². The Morgan fingerprint density at radius 1 is 1.36 bits per heavy atom. The minimum absolute atomic E-state index is 0.701. The predicted molar refractivity (Wildman–Crippen MR) is 59.3 cm³/mol. The van der Waals surface area contributed by atoms with Gasteiger partial charge in [-0.3, -0.25) is 0 Å². The third-order valence-corrected chi connectivity index (χ3v) is 3.37. The van der Waals surface area contributed by atoms with Crippen LogP contribution in [-0.2, 0) is 4.79 Å². The van der Waals surface area contributed by atoms with Crippen LogP contribution in [0.2, 0.25) is 0 Å². The number of hydrogen-bond donors (Lipinski definition) is 0. The lowest BCUT2D eigenvalue weighted by Crippen LogP contribution is -2.26. The molecular formula is C12H23NO. The van der Waals surface area contributed by atoms with Crippen LogP contribution < -0.4 is 0 Å². The molecule has 14 heavy (non-hydrogen) atoms. The molecule has 1 unspecified atom stereocenters. The summed E-state index contributed by atoms with van der Waals surface area (Å²) >= 11 is 0. The van der Waals surface area contributed by atoms with Crippen molar-refractivity contribution in [2.75, 3.05) is 19.6 Å². The molecule has 82 valence electrons. The van der Waals surface area contributed by atoms with Gasteiger partial charge in [0.25, 0.3) is 0 Å². The quantitative estimate of drug-likeness (QED) is 0.645. The van der Waals surface area contributed by atoms with E-state index in [1.54, 1.807) is 0 Å². The van der Waals surface area contributed by atoms with Crippen molar-refractivity contribution in [3.63, 3.8) is 0 Å². The molecule has 0 aromatic rings. The first kappa shape index (κ1) is 11.7. The van der Waals surface area contributed by atoms with E-state index >= 15 is 0 Å². The number of carbonyl (C=O) groups excluding carboxylic acids is 1. The lowest BCUT2D eigenvalue weighted by atomic mass is 9.89. The SMILES string of the molecule is CC(C)C1CCCN(CCC=O)CC1. The van der Waals surface area contributed by atoms with Gasteiger partial charge in [0, 0.05) is 13.0 Å². The van der Waals surface area contributed by atoms with E-state index in [0.29, 0.717) is 6.42 Å². The van der Waals surface area contributed by atoms with E-state index in [-0.39, 0.29) is 0 Å². The minimum Gasteiger partial charge on any atom is -0.303 e. The summed E-state index contributed by atoms with van der Waals surface area (Å²) in [7, 11) is 0. The van der Waals surface area contributed by atoms with Crippen molar-refractivity contribution >= 4 is 6.29 Å². The van der Waals surface area contributed by atoms with Gasteiger partial charge in [0.2, 0.25) is 0 Å². The zero-order valence-electron chi connectivity index (χ0n) is 9.54. The Labute approximate surface area is 87.7 Å².